The fraction of sp³-hybridized carbons (Fsp3) is 0.640. The molecule has 4 nitrogen and oxygen atoms in total. The number of H-pyrrole nitrogens is 1. The van der Waals surface area contributed by atoms with Gasteiger partial charge in [0.15, 0.2) is 5.13 Å². The minimum atomic E-state index is -0.116. The van der Waals surface area contributed by atoms with Crippen LogP contribution in [0.1, 0.15) is 68.6 Å². The van der Waals surface area contributed by atoms with E-state index in [9.17, 15) is 5.11 Å². The molecule has 2 aromatic rings. The normalized spacial score (nSPS) is 39.5. The maximum Gasteiger partial charge on any atom is 0.183 e. The summed E-state index contributed by atoms with van der Waals surface area (Å²) < 4.78 is 0. The molecule has 0 bridgehead atoms. The molecule has 0 aromatic carbocycles. The van der Waals surface area contributed by atoms with Gasteiger partial charge in [0.25, 0.3) is 0 Å². The Bertz CT molecular complexity index is 979. The Morgan fingerprint density at radius 1 is 1.20 bits per heavy atom. The zero-order valence-corrected chi connectivity index (χ0v) is 18.9. The number of aliphatic hydroxyl groups is 1. The van der Waals surface area contributed by atoms with Crippen LogP contribution in [0.4, 0.5) is 5.13 Å². The Balaban J connectivity index is 1.25. The quantitative estimate of drug-likeness (QED) is 0.578. The fourth-order valence-corrected chi connectivity index (χ4v) is 8.65. The van der Waals surface area contributed by atoms with Gasteiger partial charge in [0.2, 0.25) is 0 Å². The standard InChI is InChI=1S/C25H33N3OS/c1-24-9-7-17(29)12-15(24)5-6-18-19(24)8-10-25(2)20(18)13-21-22(25)28-23(30-21)27-14-16-4-3-11-26-16/h3-5,11,17-20,26,29H,6-10,12-14H2,1-2H3,(H,27,28)/t17-,18+,19-,20-,24-,25-/m0/s1. The average molecular weight is 424 g/mol. The molecule has 6 rings (SSSR count). The van der Waals surface area contributed by atoms with E-state index in [4.69, 9.17) is 4.98 Å². The molecule has 0 radical (unpaired) electrons. The van der Waals surface area contributed by atoms with Crippen LogP contribution < -0.4 is 5.32 Å². The highest BCUT2D eigenvalue weighted by molar-refractivity contribution is 7.15. The molecule has 3 N–H and O–H groups in total. The zero-order chi connectivity index (χ0) is 20.5. The summed E-state index contributed by atoms with van der Waals surface area (Å²) in [4.78, 5) is 9.92. The number of hydrogen-bond donors (Lipinski definition) is 3. The lowest BCUT2D eigenvalue weighted by Gasteiger charge is -2.57. The zero-order valence-electron chi connectivity index (χ0n) is 18.1. The second-order valence-electron chi connectivity index (χ2n) is 10.7. The van der Waals surface area contributed by atoms with E-state index in [0.717, 1.165) is 48.7 Å². The van der Waals surface area contributed by atoms with Crippen LogP contribution in [0.3, 0.4) is 0 Å². The summed E-state index contributed by atoms with van der Waals surface area (Å²) in [5.41, 5.74) is 4.70. The van der Waals surface area contributed by atoms with E-state index in [0.29, 0.717) is 5.41 Å². The molecule has 160 valence electrons. The third kappa shape index (κ3) is 2.70. The van der Waals surface area contributed by atoms with Gasteiger partial charge in [-0.05, 0) is 80.2 Å². The number of rotatable bonds is 3. The molecular formula is C25H33N3OS. The number of aromatic nitrogens is 2. The summed E-state index contributed by atoms with van der Waals surface area (Å²) in [6.45, 7) is 5.82. The van der Waals surface area contributed by atoms with E-state index in [1.807, 2.05) is 23.6 Å². The average Bonchev–Trinajstić information content (AvgIpc) is 3.43. The van der Waals surface area contributed by atoms with Gasteiger partial charge in [-0.2, -0.15) is 0 Å². The first kappa shape index (κ1) is 19.1. The van der Waals surface area contributed by atoms with Gasteiger partial charge in [-0.1, -0.05) is 25.5 Å². The number of fused-ring (bicyclic) bond motifs is 7. The van der Waals surface area contributed by atoms with Crippen LogP contribution in [-0.4, -0.2) is 21.2 Å². The molecule has 0 amide bonds. The molecule has 2 aromatic heterocycles. The number of aliphatic hydroxyl groups excluding tert-OH is 1. The maximum absolute atomic E-state index is 10.2. The summed E-state index contributed by atoms with van der Waals surface area (Å²) in [6, 6.07) is 4.16. The van der Waals surface area contributed by atoms with Crippen molar-refractivity contribution < 1.29 is 5.11 Å². The molecular weight excluding hydrogens is 390 g/mol. The Hall–Kier alpha value is -1.59. The second kappa shape index (κ2) is 6.70. The van der Waals surface area contributed by atoms with Crippen molar-refractivity contribution in [2.75, 3.05) is 5.32 Å². The van der Waals surface area contributed by atoms with Crippen LogP contribution in [0.15, 0.2) is 30.0 Å². The monoisotopic (exact) mass is 423 g/mol. The van der Waals surface area contributed by atoms with Crippen LogP contribution in [0.2, 0.25) is 0 Å². The number of hydrogen-bond acceptors (Lipinski definition) is 4. The number of nitrogens with zero attached hydrogens (tertiary/aromatic N) is 1. The van der Waals surface area contributed by atoms with Crippen molar-refractivity contribution >= 4 is 16.5 Å². The number of allylic oxidation sites excluding steroid dienone is 1. The van der Waals surface area contributed by atoms with Gasteiger partial charge in [0, 0.05) is 22.2 Å². The summed E-state index contributed by atoms with van der Waals surface area (Å²) in [5.74, 6) is 2.27. The van der Waals surface area contributed by atoms with Crippen LogP contribution in [0, 0.1) is 23.2 Å². The van der Waals surface area contributed by atoms with Gasteiger partial charge >= 0.3 is 0 Å². The third-order valence-electron chi connectivity index (χ3n) is 9.20. The Kier molecular flexibility index (Phi) is 4.27. The SMILES string of the molecule is C[C@]12CC[C@H](O)CC1=CC[C@@H]1[C@@H]2CC[C@]2(C)c3nc(NCc4ccc[nH]4)sc3C[C@@H]12. The van der Waals surface area contributed by atoms with Crippen LogP contribution in [-0.2, 0) is 18.4 Å². The molecule has 5 heteroatoms. The van der Waals surface area contributed by atoms with Crippen LogP contribution in [0.25, 0.3) is 0 Å². The van der Waals surface area contributed by atoms with Crippen molar-refractivity contribution in [3.8, 4) is 0 Å². The lowest BCUT2D eigenvalue weighted by molar-refractivity contribution is -0.0169. The first-order valence-corrected chi connectivity index (χ1v) is 12.5. The lowest BCUT2D eigenvalue weighted by atomic mass is 9.48. The molecule has 2 fully saturated rings. The molecule has 30 heavy (non-hydrogen) atoms. The minimum Gasteiger partial charge on any atom is -0.393 e. The maximum atomic E-state index is 10.2. The van der Waals surface area contributed by atoms with Crippen LogP contribution >= 0.6 is 11.3 Å². The van der Waals surface area contributed by atoms with Crippen molar-refractivity contribution in [3.63, 3.8) is 0 Å². The minimum absolute atomic E-state index is 0.116. The van der Waals surface area contributed by atoms with Crippen molar-refractivity contribution in [2.45, 2.75) is 76.9 Å². The Morgan fingerprint density at radius 3 is 2.90 bits per heavy atom. The highest BCUT2D eigenvalue weighted by Crippen LogP contribution is 2.64. The lowest BCUT2D eigenvalue weighted by Crippen LogP contribution is -2.51. The largest absolute Gasteiger partial charge is 0.393 e. The molecule has 2 heterocycles. The van der Waals surface area contributed by atoms with E-state index in [1.54, 1.807) is 5.57 Å². The molecule has 0 aliphatic heterocycles. The van der Waals surface area contributed by atoms with E-state index in [2.05, 4.69) is 36.3 Å². The molecule has 0 unspecified atom stereocenters. The van der Waals surface area contributed by atoms with Gasteiger partial charge in [-0.25, -0.2) is 4.98 Å². The summed E-state index contributed by atoms with van der Waals surface area (Å²) in [6.07, 6.45) is 12.4. The summed E-state index contributed by atoms with van der Waals surface area (Å²) >= 11 is 1.89. The van der Waals surface area contributed by atoms with Crippen molar-refractivity contribution in [3.05, 3.63) is 46.2 Å². The van der Waals surface area contributed by atoms with Crippen molar-refractivity contribution in [2.24, 2.45) is 23.2 Å². The molecule has 2 saturated carbocycles. The molecule has 6 atom stereocenters. The predicted octanol–water partition coefficient (Wildman–Crippen LogP) is 5.42. The number of aromatic amines is 1. The van der Waals surface area contributed by atoms with E-state index in [1.165, 1.54) is 41.9 Å². The van der Waals surface area contributed by atoms with E-state index < -0.39 is 0 Å². The number of anilines is 1. The van der Waals surface area contributed by atoms with Gasteiger partial charge in [0.05, 0.1) is 18.3 Å². The first-order valence-electron chi connectivity index (χ1n) is 11.7. The van der Waals surface area contributed by atoms with Gasteiger partial charge in [-0.3, -0.25) is 0 Å². The van der Waals surface area contributed by atoms with Crippen molar-refractivity contribution in [1.82, 2.24) is 9.97 Å². The first-order chi connectivity index (χ1) is 14.5. The topological polar surface area (TPSA) is 60.9 Å². The van der Waals surface area contributed by atoms with Gasteiger partial charge < -0.3 is 15.4 Å². The molecule has 0 spiro atoms. The molecule has 4 aliphatic carbocycles. The highest BCUT2D eigenvalue weighted by atomic mass is 32.1. The fourth-order valence-electron chi connectivity index (χ4n) is 7.49. The molecule has 4 aliphatic rings. The summed E-state index contributed by atoms with van der Waals surface area (Å²) in [7, 11) is 0. The smallest absolute Gasteiger partial charge is 0.183 e. The van der Waals surface area contributed by atoms with Gasteiger partial charge in [0.1, 0.15) is 0 Å². The second-order valence-corrected chi connectivity index (χ2v) is 11.7. The third-order valence-corrected chi connectivity index (χ3v) is 10.2. The van der Waals surface area contributed by atoms with Crippen molar-refractivity contribution in [1.29, 1.82) is 0 Å². The van der Waals surface area contributed by atoms with Gasteiger partial charge in [-0.15, -0.1) is 11.3 Å². The Labute approximate surface area is 183 Å². The molecule has 0 saturated heterocycles. The number of nitrogens with one attached hydrogen (secondary N) is 2. The highest BCUT2D eigenvalue weighted by Gasteiger charge is 2.58. The van der Waals surface area contributed by atoms with E-state index in [-0.39, 0.29) is 11.5 Å². The predicted molar refractivity (Wildman–Crippen MR) is 122 cm³/mol. The Morgan fingerprint density at radius 2 is 2.07 bits per heavy atom. The van der Waals surface area contributed by atoms with E-state index >= 15 is 0 Å². The number of thiazole rings is 1. The van der Waals surface area contributed by atoms with Crippen LogP contribution in [0.5, 0.6) is 0 Å². The summed E-state index contributed by atoms with van der Waals surface area (Å²) in [5, 5.41) is 14.8.